The van der Waals surface area contributed by atoms with E-state index in [2.05, 4.69) is 11.4 Å². The Morgan fingerprint density at radius 2 is 2.17 bits per heavy atom. The zero-order valence-corrected chi connectivity index (χ0v) is 13.4. The minimum atomic E-state index is -0.491. The summed E-state index contributed by atoms with van der Waals surface area (Å²) >= 11 is 1.43. The smallest absolute Gasteiger partial charge is 0.276 e. The Bertz CT molecular complexity index is 893. The second kappa shape index (κ2) is 6.64. The number of benzene rings is 1. The molecule has 1 amide bonds. The molecule has 1 aromatic heterocycles. The normalized spacial score (nSPS) is 12.8. The van der Waals surface area contributed by atoms with Crippen LogP contribution >= 0.6 is 11.3 Å². The Hall–Kier alpha value is -2.98. The number of nitriles is 1. The van der Waals surface area contributed by atoms with Gasteiger partial charge >= 0.3 is 0 Å². The van der Waals surface area contributed by atoms with Crippen LogP contribution in [0.5, 0.6) is 0 Å². The van der Waals surface area contributed by atoms with Crippen molar-refractivity contribution < 1.29 is 9.72 Å². The minimum absolute atomic E-state index is 0.0608. The van der Waals surface area contributed by atoms with Crippen LogP contribution in [0.4, 0.5) is 10.7 Å². The summed E-state index contributed by atoms with van der Waals surface area (Å²) in [5.74, 6) is -0.412. The average Bonchev–Trinajstić information content (AvgIpc) is 3.13. The van der Waals surface area contributed by atoms with E-state index >= 15 is 0 Å². The molecule has 0 bridgehead atoms. The zero-order valence-electron chi connectivity index (χ0n) is 12.6. The number of anilines is 1. The maximum absolute atomic E-state index is 12.1. The lowest BCUT2D eigenvalue weighted by Gasteiger charge is -2.00. The van der Waals surface area contributed by atoms with Crippen molar-refractivity contribution >= 4 is 34.0 Å². The van der Waals surface area contributed by atoms with Crippen molar-refractivity contribution in [2.45, 2.75) is 19.3 Å². The van der Waals surface area contributed by atoms with Crippen LogP contribution in [0.3, 0.4) is 0 Å². The van der Waals surface area contributed by atoms with Crippen molar-refractivity contribution in [2.24, 2.45) is 0 Å². The summed E-state index contributed by atoms with van der Waals surface area (Å²) < 4.78 is 0. The summed E-state index contributed by atoms with van der Waals surface area (Å²) in [6.45, 7) is 0. The van der Waals surface area contributed by atoms with Gasteiger partial charge in [-0.3, -0.25) is 14.9 Å². The van der Waals surface area contributed by atoms with Crippen LogP contribution < -0.4 is 5.32 Å². The second-order valence-corrected chi connectivity index (χ2v) is 6.42. The van der Waals surface area contributed by atoms with Gasteiger partial charge in [0.1, 0.15) is 11.1 Å². The third-order valence-corrected chi connectivity index (χ3v) is 5.02. The number of nitrogens with zero attached hydrogens (tertiary/aromatic N) is 2. The molecular formula is C17H13N3O3S. The van der Waals surface area contributed by atoms with Gasteiger partial charge in [-0.15, -0.1) is 11.3 Å². The number of carbonyl (C=O) groups is 1. The average molecular weight is 339 g/mol. The maximum Gasteiger partial charge on any atom is 0.276 e. The van der Waals surface area contributed by atoms with Gasteiger partial charge in [-0.25, -0.2) is 0 Å². The molecule has 0 radical (unpaired) electrons. The molecule has 7 heteroatoms. The summed E-state index contributed by atoms with van der Waals surface area (Å²) in [6.07, 6.45) is 5.50. The van der Waals surface area contributed by atoms with Gasteiger partial charge in [0.2, 0.25) is 5.91 Å². The van der Waals surface area contributed by atoms with Gasteiger partial charge in [0.15, 0.2) is 0 Å². The number of nitro benzene ring substituents is 1. The Labute approximate surface area is 142 Å². The van der Waals surface area contributed by atoms with Gasteiger partial charge in [-0.1, -0.05) is 12.1 Å². The number of para-hydroxylation sites is 1. The highest BCUT2D eigenvalue weighted by atomic mass is 32.1. The Kier molecular flexibility index (Phi) is 4.40. The van der Waals surface area contributed by atoms with E-state index in [1.165, 1.54) is 29.6 Å². The first kappa shape index (κ1) is 15.9. The molecule has 0 saturated heterocycles. The number of rotatable bonds is 4. The molecule has 1 aliphatic carbocycles. The first-order valence-electron chi connectivity index (χ1n) is 7.37. The molecule has 0 unspecified atom stereocenters. The fraction of sp³-hybridized carbons (Fsp3) is 0.176. The van der Waals surface area contributed by atoms with Gasteiger partial charge in [0.05, 0.1) is 16.1 Å². The summed E-state index contributed by atoms with van der Waals surface area (Å²) in [4.78, 5) is 23.7. The Morgan fingerprint density at radius 3 is 2.92 bits per heavy atom. The van der Waals surface area contributed by atoms with Crippen molar-refractivity contribution in [3.8, 4) is 6.07 Å². The second-order valence-electron chi connectivity index (χ2n) is 5.31. The molecule has 1 heterocycles. The van der Waals surface area contributed by atoms with Crippen molar-refractivity contribution in [2.75, 3.05) is 5.32 Å². The van der Waals surface area contributed by atoms with E-state index in [1.807, 2.05) is 0 Å². The van der Waals surface area contributed by atoms with Crippen molar-refractivity contribution in [3.05, 3.63) is 62.0 Å². The maximum atomic E-state index is 12.1. The van der Waals surface area contributed by atoms with Gasteiger partial charge in [0, 0.05) is 17.0 Å². The van der Waals surface area contributed by atoms with Crippen LogP contribution in [-0.2, 0) is 17.6 Å². The summed E-state index contributed by atoms with van der Waals surface area (Å²) in [5.41, 5.74) is 1.88. The molecule has 0 saturated carbocycles. The number of thiophene rings is 1. The highest BCUT2D eigenvalue weighted by Crippen LogP contribution is 2.38. The van der Waals surface area contributed by atoms with E-state index in [0.29, 0.717) is 16.1 Å². The van der Waals surface area contributed by atoms with Crippen LogP contribution in [0.15, 0.2) is 30.3 Å². The van der Waals surface area contributed by atoms with Gasteiger partial charge in [-0.2, -0.15) is 5.26 Å². The van der Waals surface area contributed by atoms with Crippen LogP contribution in [0.1, 0.15) is 28.0 Å². The number of aryl methyl sites for hydroxylation is 1. The molecule has 0 spiro atoms. The lowest BCUT2D eigenvalue weighted by molar-refractivity contribution is -0.385. The van der Waals surface area contributed by atoms with Crippen molar-refractivity contribution in [3.63, 3.8) is 0 Å². The van der Waals surface area contributed by atoms with Gasteiger partial charge in [0.25, 0.3) is 5.69 Å². The molecule has 120 valence electrons. The summed E-state index contributed by atoms with van der Waals surface area (Å²) in [7, 11) is 0. The Balaban J connectivity index is 1.78. The van der Waals surface area contributed by atoms with E-state index in [-0.39, 0.29) is 5.69 Å². The molecule has 0 fully saturated rings. The molecule has 3 rings (SSSR count). The lowest BCUT2D eigenvalue weighted by Crippen LogP contribution is -2.07. The highest BCUT2D eigenvalue weighted by molar-refractivity contribution is 7.16. The molecular weight excluding hydrogens is 326 g/mol. The van der Waals surface area contributed by atoms with Crippen LogP contribution in [0.25, 0.3) is 6.08 Å². The predicted octanol–water partition coefficient (Wildman–Crippen LogP) is 3.67. The molecule has 6 nitrogen and oxygen atoms in total. The van der Waals surface area contributed by atoms with Crippen LogP contribution in [0.2, 0.25) is 0 Å². The van der Waals surface area contributed by atoms with Crippen LogP contribution in [-0.4, -0.2) is 10.8 Å². The molecule has 1 aromatic carbocycles. The number of nitro groups is 1. The lowest BCUT2D eigenvalue weighted by atomic mass is 10.1. The van der Waals surface area contributed by atoms with E-state index in [0.717, 1.165) is 29.7 Å². The molecule has 1 N–H and O–H groups in total. The SMILES string of the molecule is N#Cc1c(NC(=O)C=Cc2ccccc2[N+](=O)[O-])sc2c1CCC2. The third kappa shape index (κ3) is 3.05. The third-order valence-electron chi connectivity index (χ3n) is 3.82. The van der Waals surface area contributed by atoms with E-state index in [1.54, 1.807) is 18.2 Å². The van der Waals surface area contributed by atoms with E-state index in [4.69, 9.17) is 0 Å². The number of carbonyl (C=O) groups excluding carboxylic acids is 1. The molecule has 24 heavy (non-hydrogen) atoms. The van der Waals surface area contributed by atoms with Crippen LogP contribution in [0, 0.1) is 21.4 Å². The first-order chi connectivity index (χ1) is 11.6. The number of nitrogens with one attached hydrogen (secondary N) is 1. The standard InChI is InChI=1S/C17H13N3O3S/c18-10-13-12-5-3-7-15(12)24-17(13)19-16(21)9-8-11-4-1-2-6-14(11)20(22)23/h1-2,4,6,8-9H,3,5,7H2,(H,19,21). The largest absolute Gasteiger partial charge is 0.313 e. The quantitative estimate of drug-likeness (QED) is 0.522. The first-order valence-corrected chi connectivity index (χ1v) is 8.19. The molecule has 2 aromatic rings. The number of fused-ring (bicyclic) bond motifs is 1. The Morgan fingerprint density at radius 1 is 1.38 bits per heavy atom. The number of amides is 1. The van der Waals surface area contributed by atoms with E-state index in [9.17, 15) is 20.2 Å². The van der Waals surface area contributed by atoms with Gasteiger partial charge in [-0.05, 0) is 37.0 Å². The number of hydrogen-bond donors (Lipinski definition) is 1. The minimum Gasteiger partial charge on any atom is -0.313 e. The van der Waals surface area contributed by atoms with Crippen molar-refractivity contribution in [1.29, 1.82) is 5.26 Å². The summed E-state index contributed by atoms with van der Waals surface area (Å²) in [5, 5.41) is 23.5. The topological polar surface area (TPSA) is 96.0 Å². The van der Waals surface area contributed by atoms with Gasteiger partial charge < -0.3 is 5.32 Å². The molecule has 0 atom stereocenters. The molecule has 1 aliphatic rings. The van der Waals surface area contributed by atoms with Crippen molar-refractivity contribution in [1.82, 2.24) is 0 Å². The fourth-order valence-corrected chi connectivity index (χ4v) is 3.97. The zero-order chi connectivity index (χ0) is 17.1. The van der Waals surface area contributed by atoms with E-state index < -0.39 is 10.8 Å². The monoisotopic (exact) mass is 339 g/mol. The summed E-state index contributed by atoms with van der Waals surface area (Å²) in [6, 6.07) is 8.36. The molecule has 0 aliphatic heterocycles. The fourth-order valence-electron chi connectivity index (χ4n) is 2.72. The highest BCUT2D eigenvalue weighted by Gasteiger charge is 2.22. The predicted molar refractivity (Wildman–Crippen MR) is 91.8 cm³/mol. The number of hydrogen-bond acceptors (Lipinski definition) is 5.